The number of ether oxygens (including phenoxy) is 1. The highest BCUT2D eigenvalue weighted by Crippen LogP contribution is 2.37. The third kappa shape index (κ3) is 6.44. The molecule has 1 fully saturated rings. The molecule has 0 unspecified atom stereocenters. The summed E-state index contributed by atoms with van der Waals surface area (Å²) in [6.45, 7) is 6.47. The minimum absolute atomic E-state index is 0.0809. The number of rotatable bonds is 8. The van der Waals surface area contributed by atoms with Crippen LogP contribution in [0, 0.1) is 0 Å². The van der Waals surface area contributed by atoms with Gasteiger partial charge in [0, 0.05) is 50.2 Å². The van der Waals surface area contributed by atoms with Gasteiger partial charge in [-0.25, -0.2) is 4.98 Å². The first-order valence-corrected chi connectivity index (χ1v) is 11.3. The van der Waals surface area contributed by atoms with Gasteiger partial charge in [0.25, 0.3) is 0 Å². The molecule has 1 aliphatic heterocycles. The predicted molar refractivity (Wildman–Crippen MR) is 135 cm³/mol. The van der Waals surface area contributed by atoms with E-state index in [0.717, 1.165) is 32.3 Å². The van der Waals surface area contributed by atoms with E-state index in [0.29, 0.717) is 23.6 Å². The number of nitrogens with one attached hydrogen (secondary N) is 4. The molecule has 194 valence electrons. The van der Waals surface area contributed by atoms with Gasteiger partial charge in [0.1, 0.15) is 17.2 Å². The van der Waals surface area contributed by atoms with E-state index in [1.165, 1.54) is 19.2 Å². The van der Waals surface area contributed by atoms with Gasteiger partial charge in [-0.3, -0.25) is 4.79 Å². The predicted octanol–water partition coefficient (Wildman–Crippen LogP) is 3.92. The summed E-state index contributed by atoms with van der Waals surface area (Å²) in [7, 11) is 1.48. The van der Waals surface area contributed by atoms with Crippen molar-refractivity contribution in [2.24, 2.45) is 0 Å². The minimum Gasteiger partial charge on any atom is -0.481 e. The van der Waals surface area contributed by atoms with Gasteiger partial charge in [0.05, 0.1) is 18.5 Å². The van der Waals surface area contributed by atoms with Crippen LogP contribution in [0.2, 0.25) is 0 Å². The van der Waals surface area contributed by atoms with Gasteiger partial charge < -0.3 is 30.9 Å². The molecule has 13 heteroatoms. The third-order valence-corrected chi connectivity index (χ3v) is 5.41. The fourth-order valence-corrected chi connectivity index (χ4v) is 3.61. The van der Waals surface area contributed by atoms with Crippen LogP contribution in [0.3, 0.4) is 0 Å². The number of para-hydroxylation sites is 2. The lowest BCUT2D eigenvalue weighted by Crippen LogP contribution is -2.43. The van der Waals surface area contributed by atoms with Crippen LogP contribution in [-0.2, 0) is 11.0 Å². The van der Waals surface area contributed by atoms with Crippen LogP contribution in [0.15, 0.2) is 55.3 Å². The highest BCUT2D eigenvalue weighted by Gasteiger charge is 2.35. The fraction of sp³-hybridized carbons (Fsp3) is 0.250. The molecule has 1 saturated heterocycles. The molecular formula is C24H25F3N8O2. The molecule has 1 amide bonds. The first-order valence-electron chi connectivity index (χ1n) is 11.3. The second-order valence-electron chi connectivity index (χ2n) is 7.94. The maximum atomic E-state index is 13.8. The van der Waals surface area contributed by atoms with E-state index in [4.69, 9.17) is 4.74 Å². The number of methoxy groups -OCH3 is 1. The Morgan fingerprint density at radius 1 is 1.14 bits per heavy atom. The van der Waals surface area contributed by atoms with E-state index in [2.05, 4.69) is 47.7 Å². The van der Waals surface area contributed by atoms with E-state index >= 15 is 0 Å². The molecule has 0 spiro atoms. The van der Waals surface area contributed by atoms with Gasteiger partial charge >= 0.3 is 6.18 Å². The Balaban J connectivity index is 1.67. The number of amides is 1. The number of carbonyl (C=O) groups excluding carboxylic acids is 1. The van der Waals surface area contributed by atoms with Gasteiger partial charge in [-0.2, -0.15) is 23.1 Å². The second-order valence-corrected chi connectivity index (χ2v) is 7.94. The molecule has 1 aliphatic rings. The number of nitrogens with zero attached hydrogens (tertiary/aromatic N) is 4. The Morgan fingerprint density at radius 3 is 2.54 bits per heavy atom. The Kier molecular flexibility index (Phi) is 7.72. The molecule has 2 aromatic heterocycles. The van der Waals surface area contributed by atoms with Crippen LogP contribution in [0.4, 0.5) is 47.8 Å². The first-order chi connectivity index (χ1) is 17.8. The molecule has 3 heterocycles. The summed E-state index contributed by atoms with van der Waals surface area (Å²) in [6.07, 6.45) is -2.98. The number of anilines is 6. The minimum atomic E-state index is -4.73. The number of alkyl halides is 3. The van der Waals surface area contributed by atoms with Crippen LogP contribution in [0.5, 0.6) is 5.88 Å². The van der Waals surface area contributed by atoms with Crippen molar-refractivity contribution in [1.82, 2.24) is 20.3 Å². The zero-order valence-electron chi connectivity index (χ0n) is 19.9. The number of halogens is 3. The maximum Gasteiger partial charge on any atom is 0.421 e. The molecule has 0 radical (unpaired) electrons. The van der Waals surface area contributed by atoms with Crippen LogP contribution in [0.25, 0.3) is 0 Å². The standard InChI is InChI=1S/C24H25F3N8O2/c1-3-20(36)31-17-6-4-5-7-18(17)32-22-16(24(25,26)27)14-29-23(34-22)30-15-12-19(33-21(13-15)37-2)35-10-8-28-9-11-35/h3-7,12-14,28H,1,8-11H2,2H3,(H,31,36)(H2,29,30,32,33,34). The molecule has 0 atom stereocenters. The van der Waals surface area contributed by atoms with Crippen molar-refractivity contribution in [2.75, 3.05) is 54.1 Å². The summed E-state index contributed by atoms with van der Waals surface area (Å²) < 4.78 is 46.6. The number of piperazine rings is 1. The zero-order chi connectivity index (χ0) is 26.4. The number of hydrogen-bond donors (Lipinski definition) is 4. The lowest BCUT2D eigenvalue weighted by molar-refractivity contribution is -0.137. The van der Waals surface area contributed by atoms with Crippen LogP contribution < -0.4 is 30.9 Å². The van der Waals surface area contributed by atoms with Crippen molar-refractivity contribution in [3.05, 3.63) is 60.8 Å². The molecule has 1 aromatic carbocycles. The smallest absolute Gasteiger partial charge is 0.421 e. The van der Waals surface area contributed by atoms with Crippen molar-refractivity contribution in [3.8, 4) is 5.88 Å². The van der Waals surface area contributed by atoms with Crippen LogP contribution >= 0.6 is 0 Å². The molecule has 0 aliphatic carbocycles. The van der Waals surface area contributed by atoms with Crippen molar-refractivity contribution < 1.29 is 22.7 Å². The Hall–Kier alpha value is -4.39. The van der Waals surface area contributed by atoms with Gasteiger partial charge in [-0.15, -0.1) is 0 Å². The monoisotopic (exact) mass is 514 g/mol. The summed E-state index contributed by atoms with van der Waals surface area (Å²) in [5.74, 6) is -0.102. The highest BCUT2D eigenvalue weighted by atomic mass is 19.4. The molecule has 3 aromatic rings. The molecule has 4 N–H and O–H groups in total. The van der Waals surface area contributed by atoms with Gasteiger partial charge in [-0.05, 0) is 18.2 Å². The lowest BCUT2D eigenvalue weighted by Gasteiger charge is -2.28. The molecule has 0 bridgehead atoms. The van der Waals surface area contributed by atoms with E-state index in [1.807, 2.05) is 0 Å². The number of benzene rings is 1. The quantitative estimate of drug-likeness (QED) is 0.332. The Labute approximate surface area is 211 Å². The summed E-state index contributed by atoms with van der Waals surface area (Å²) in [6, 6.07) is 9.65. The fourth-order valence-electron chi connectivity index (χ4n) is 3.61. The van der Waals surface area contributed by atoms with Gasteiger partial charge in [0.2, 0.25) is 17.7 Å². The van der Waals surface area contributed by atoms with Crippen molar-refractivity contribution in [1.29, 1.82) is 0 Å². The third-order valence-electron chi connectivity index (χ3n) is 5.41. The normalized spacial score (nSPS) is 13.6. The Bertz CT molecular complexity index is 1280. The maximum absolute atomic E-state index is 13.8. The second kappa shape index (κ2) is 11.1. The van der Waals surface area contributed by atoms with E-state index in [-0.39, 0.29) is 17.3 Å². The number of hydrogen-bond acceptors (Lipinski definition) is 9. The number of aromatic nitrogens is 3. The molecule has 37 heavy (non-hydrogen) atoms. The highest BCUT2D eigenvalue weighted by molar-refractivity contribution is 6.01. The Morgan fingerprint density at radius 2 is 1.86 bits per heavy atom. The lowest BCUT2D eigenvalue weighted by atomic mass is 10.2. The topological polar surface area (TPSA) is 116 Å². The zero-order valence-corrected chi connectivity index (χ0v) is 19.9. The molecule has 4 rings (SSSR count). The summed E-state index contributed by atoms with van der Waals surface area (Å²) in [5.41, 5.74) is -0.117. The van der Waals surface area contributed by atoms with E-state index in [9.17, 15) is 18.0 Å². The SMILES string of the molecule is C=CC(=O)Nc1ccccc1Nc1nc(Nc2cc(OC)nc(N3CCNCC3)c2)ncc1C(F)(F)F. The van der Waals surface area contributed by atoms with Crippen LogP contribution in [-0.4, -0.2) is 54.1 Å². The van der Waals surface area contributed by atoms with Gasteiger partial charge in [0.15, 0.2) is 0 Å². The summed E-state index contributed by atoms with van der Waals surface area (Å²) >= 11 is 0. The van der Waals surface area contributed by atoms with E-state index in [1.54, 1.807) is 24.3 Å². The largest absolute Gasteiger partial charge is 0.481 e. The average molecular weight is 515 g/mol. The van der Waals surface area contributed by atoms with Crippen LogP contribution in [0.1, 0.15) is 5.56 Å². The van der Waals surface area contributed by atoms with Crippen molar-refractivity contribution in [2.45, 2.75) is 6.18 Å². The van der Waals surface area contributed by atoms with Gasteiger partial charge in [-0.1, -0.05) is 18.7 Å². The summed E-state index contributed by atoms with van der Waals surface area (Å²) in [4.78, 5) is 26.3. The molecule has 10 nitrogen and oxygen atoms in total. The number of carbonyl (C=O) groups is 1. The van der Waals surface area contributed by atoms with Crippen molar-refractivity contribution >= 4 is 40.6 Å². The molecular weight excluding hydrogens is 489 g/mol. The summed E-state index contributed by atoms with van der Waals surface area (Å²) in [5, 5.41) is 11.4. The average Bonchev–Trinajstić information content (AvgIpc) is 2.89. The first kappa shape index (κ1) is 25.7. The molecule has 0 saturated carbocycles. The number of pyridine rings is 1. The van der Waals surface area contributed by atoms with E-state index < -0.39 is 23.5 Å². The van der Waals surface area contributed by atoms with Crippen molar-refractivity contribution in [3.63, 3.8) is 0 Å².